The van der Waals surface area contributed by atoms with Gasteiger partial charge in [0, 0.05) is 11.1 Å². The van der Waals surface area contributed by atoms with E-state index in [2.05, 4.69) is 46.5 Å². The number of aromatic nitrogens is 4. The van der Waals surface area contributed by atoms with Crippen molar-refractivity contribution < 1.29 is 0 Å². The number of rotatable bonds is 3. The summed E-state index contributed by atoms with van der Waals surface area (Å²) in [5.74, 6) is 0. The fourth-order valence-corrected chi connectivity index (χ4v) is 3.62. The average Bonchev–Trinajstić information content (AvgIpc) is 3.19. The van der Waals surface area contributed by atoms with E-state index < -0.39 is 0 Å². The van der Waals surface area contributed by atoms with Crippen LogP contribution in [0.2, 0.25) is 0 Å². The Morgan fingerprint density at radius 3 is 2.39 bits per heavy atom. The molecule has 1 atom stereocenters. The summed E-state index contributed by atoms with van der Waals surface area (Å²) in [7, 11) is 0. The highest BCUT2D eigenvalue weighted by Gasteiger charge is 2.16. The van der Waals surface area contributed by atoms with E-state index >= 15 is 0 Å². The fourth-order valence-electron chi connectivity index (χ4n) is 3.62. The molecule has 0 fully saturated rings. The van der Waals surface area contributed by atoms with Crippen LogP contribution in [0.1, 0.15) is 18.5 Å². The van der Waals surface area contributed by atoms with Gasteiger partial charge in [0.25, 0.3) is 0 Å². The molecule has 0 unspecified atom stereocenters. The highest BCUT2D eigenvalue weighted by molar-refractivity contribution is 6.03. The molecular formula is C23H19N5. The Balaban J connectivity index is 1.73. The molecule has 5 heteroatoms. The molecule has 0 saturated heterocycles. The second-order valence-corrected chi connectivity index (χ2v) is 6.97. The van der Waals surface area contributed by atoms with Crippen molar-refractivity contribution >= 4 is 27.6 Å². The molecule has 0 amide bonds. The van der Waals surface area contributed by atoms with E-state index in [9.17, 15) is 0 Å². The van der Waals surface area contributed by atoms with Crippen LogP contribution in [0.3, 0.4) is 0 Å². The van der Waals surface area contributed by atoms with E-state index in [1.165, 1.54) is 5.56 Å². The van der Waals surface area contributed by atoms with Gasteiger partial charge >= 0.3 is 0 Å². The zero-order valence-electron chi connectivity index (χ0n) is 15.4. The van der Waals surface area contributed by atoms with Crippen LogP contribution in [-0.2, 0) is 0 Å². The minimum atomic E-state index is 0.0666. The summed E-state index contributed by atoms with van der Waals surface area (Å²) in [6, 6.07) is 24.6. The predicted molar refractivity (Wildman–Crippen MR) is 113 cm³/mol. The first kappa shape index (κ1) is 16.4. The van der Waals surface area contributed by atoms with Crippen molar-refractivity contribution in [3.05, 3.63) is 84.6 Å². The van der Waals surface area contributed by atoms with Crippen LogP contribution in [0.5, 0.6) is 0 Å². The molecule has 0 radical (unpaired) electrons. The second kappa shape index (κ2) is 6.46. The topological polar surface area (TPSA) is 69.6 Å². The largest absolute Gasteiger partial charge is 0.399 e. The molecule has 0 saturated carbocycles. The Labute approximate surface area is 162 Å². The third-order valence-corrected chi connectivity index (χ3v) is 5.19. The van der Waals surface area contributed by atoms with Gasteiger partial charge < -0.3 is 5.73 Å². The van der Waals surface area contributed by atoms with E-state index in [1.54, 1.807) is 6.20 Å². The maximum atomic E-state index is 5.83. The molecule has 5 rings (SSSR count). The molecule has 136 valence electrons. The van der Waals surface area contributed by atoms with Crippen LogP contribution in [0.15, 0.2) is 79.0 Å². The molecule has 5 nitrogen and oxygen atoms in total. The third kappa shape index (κ3) is 2.68. The lowest BCUT2D eigenvalue weighted by atomic mass is 10.0. The molecule has 0 aliphatic rings. The maximum absolute atomic E-state index is 5.83. The molecule has 5 aromatic rings. The number of anilines is 1. The van der Waals surface area contributed by atoms with Gasteiger partial charge in [-0.1, -0.05) is 53.7 Å². The van der Waals surface area contributed by atoms with Gasteiger partial charge in [0.15, 0.2) is 0 Å². The predicted octanol–water partition coefficient (Wildman–Crippen LogP) is 4.84. The van der Waals surface area contributed by atoms with Gasteiger partial charge in [0.2, 0.25) is 0 Å². The first-order valence-electron chi connectivity index (χ1n) is 9.25. The van der Waals surface area contributed by atoms with Gasteiger partial charge in [-0.15, -0.1) is 5.10 Å². The second-order valence-electron chi connectivity index (χ2n) is 6.97. The quantitative estimate of drug-likeness (QED) is 0.465. The van der Waals surface area contributed by atoms with Gasteiger partial charge in [0.05, 0.1) is 17.8 Å². The number of nitrogen functional groups attached to an aromatic ring is 1. The Kier molecular flexibility index (Phi) is 3.79. The van der Waals surface area contributed by atoms with E-state index in [0.29, 0.717) is 0 Å². The molecule has 2 N–H and O–H groups in total. The summed E-state index contributed by atoms with van der Waals surface area (Å²) in [4.78, 5) is 4.57. The number of nitrogens with two attached hydrogens (primary N) is 1. The number of nitrogens with zero attached hydrogens (tertiary/aromatic N) is 4. The Morgan fingerprint density at radius 1 is 0.857 bits per heavy atom. The van der Waals surface area contributed by atoms with Crippen LogP contribution < -0.4 is 5.73 Å². The monoisotopic (exact) mass is 365 g/mol. The molecule has 0 spiro atoms. The lowest BCUT2D eigenvalue weighted by Gasteiger charge is -2.14. The summed E-state index contributed by atoms with van der Waals surface area (Å²) in [5.41, 5.74) is 12.7. The van der Waals surface area contributed by atoms with Gasteiger partial charge in [-0.2, -0.15) is 0 Å². The number of benzene rings is 3. The summed E-state index contributed by atoms with van der Waals surface area (Å²) in [5, 5.41) is 9.85. The van der Waals surface area contributed by atoms with Crippen LogP contribution >= 0.6 is 0 Å². The molecule has 0 aliphatic carbocycles. The molecule has 2 aromatic heterocycles. The van der Waals surface area contributed by atoms with E-state index in [1.807, 2.05) is 53.2 Å². The van der Waals surface area contributed by atoms with Crippen LogP contribution in [0.25, 0.3) is 33.1 Å². The zero-order valence-corrected chi connectivity index (χ0v) is 15.4. The van der Waals surface area contributed by atoms with Crippen LogP contribution in [0.4, 0.5) is 5.69 Å². The van der Waals surface area contributed by atoms with Crippen LogP contribution in [-0.4, -0.2) is 20.0 Å². The third-order valence-electron chi connectivity index (χ3n) is 5.19. The SMILES string of the molecule is C[C@@H](c1ccccc1)n1nnc2cnc3ccc(-c4ccc(N)cc4)cc3c21. The molecule has 28 heavy (non-hydrogen) atoms. The lowest BCUT2D eigenvalue weighted by Crippen LogP contribution is -2.08. The van der Waals surface area contributed by atoms with Crippen molar-refractivity contribution in [2.24, 2.45) is 0 Å². The summed E-state index contributed by atoms with van der Waals surface area (Å²) in [6.07, 6.45) is 1.79. The Morgan fingerprint density at radius 2 is 1.61 bits per heavy atom. The highest BCUT2D eigenvalue weighted by Crippen LogP contribution is 2.30. The van der Waals surface area contributed by atoms with Crippen molar-refractivity contribution in [1.82, 2.24) is 20.0 Å². The first-order chi connectivity index (χ1) is 13.7. The van der Waals surface area contributed by atoms with Crippen molar-refractivity contribution in [1.29, 1.82) is 0 Å². The number of hydrogen-bond donors (Lipinski definition) is 1. The summed E-state index contributed by atoms with van der Waals surface area (Å²) >= 11 is 0. The van der Waals surface area contributed by atoms with Crippen molar-refractivity contribution in [3.63, 3.8) is 0 Å². The van der Waals surface area contributed by atoms with Crippen LogP contribution in [0, 0.1) is 0 Å². The summed E-state index contributed by atoms with van der Waals surface area (Å²) in [6.45, 7) is 2.14. The number of fused-ring (bicyclic) bond motifs is 3. The normalized spacial score (nSPS) is 12.5. The first-order valence-corrected chi connectivity index (χ1v) is 9.25. The van der Waals surface area contributed by atoms with Gasteiger partial charge in [0.1, 0.15) is 11.0 Å². The van der Waals surface area contributed by atoms with Gasteiger partial charge in [-0.05, 0) is 47.9 Å². The van der Waals surface area contributed by atoms with Crippen molar-refractivity contribution in [3.8, 4) is 11.1 Å². The molecule has 2 heterocycles. The minimum Gasteiger partial charge on any atom is -0.399 e. The highest BCUT2D eigenvalue weighted by atomic mass is 15.4. The Hall–Kier alpha value is -3.73. The lowest BCUT2D eigenvalue weighted by molar-refractivity contribution is 0.561. The van der Waals surface area contributed by atoms with Gasteiger partial charge in [-0.3, -0.25) is 4.98 Å². The molecule has 3 aromatic carbocycles. The average molecular weight is 365 g/mol. The zero-order chi connectivity index (χ0) is 19.1. The molecular weight excluding hydrogens is 346 g/mol. The van der Waals surface area contributed by atoms with E-state index in [4.69, 9.17) is 5.73 Å². The summed E-state index contributed by atoms with van der Waals surface area (Å²) < 4.78 is 1.99. The van der Waals surface area contributed by atoms with Crippen molar-refractivity contribution in [2.75, 3.05) is 5.73 Å². The standard InChI is InChI=1S/C23H19N5/c1-15(16-5-3-2-4-6-16)28-23-20-13-18(17-7-10-19(24)11-8-17)9-12-21(20)25-14-22(23)26-27-28/h2-15H,24H2,1H3/t15-/m0/s1. The van der Waals surface area contributed by atoms with Crippen molar-refractivity contribution in [2.45, 2.75) is 13.0 Å². The number of pyridine rings is 1. The smallest absolute Gasteiger partial charge is 0.132 e. The number of hydrogen-bond acceptors (Lipinski definition) is 4. The maximum Gasteiger partial charge on any atom is 0.132 e. The molecule has 0 bridgehead atoms. The molecule has 0 aliphatic heterocycles. The van der Waals surface area contributed by atoms with E-state index in [0.717, 1.165) is 38.8 Å². The van der Waals surface area contributed by atoms with Gasteiger partial charge in [-0.25, -0.2) is 4.68 Å². The minimum absolute atomic E-state index is 0.0666. The fraction of sp³-hybridized carbons (Fsp3) is 0.0870. The van der Waals surface area contributed by atoms with E-state index in [-0.39, 0.29) is 6.04 Å². The Bertz CT molecular complexity index is 1270.